The maximum atomic E-state index is 12.1. The molecule has 0 saturated heterocycles. The van der Waals surface area contributed by atoms with E-state index >= 15 is 0 Å². The minimum Gasteiger partial charge on any atom is -0.325 e. The van der Waals surface area contributed by atoms with Crippen molar-refractivity contribution in [1.29, 1.82) is 0 Å². The standard InChI is InChI=1S/C20H26N2OS/c1-15-5-6-16(2)19(13-15)24-14-20(23)21-18-9-7-17(8-10-18)11-12-22(3)4/h5-10,13H,11-12,14H2,1-4H3,(H,21,23). The van der Waals surface area contributed by atoms with Gasteiger partial charge in [-0.1, -0.05) is 29.8 Å². The first-order valence-electron chi connectivity index (χ1n) is 8.17. The molecule has 0 aliphatic carbocycles. The molecule has 1 amide bonds. The molecule has 0 bridgehead atoms. The average molecular weight is 343 g/mol. The fourth-order valence-electron chi connectivity index (χ4n) is 2.31. The fourth-order valence-corrected chi connectivity index (χ4v) is 3.23. The van der Waals surface area contributed by atoms with Crippen LogP contribution in [0.4, 0.5) is 5.69 Å². The van der Waals surface area contributed by atoms with Crippen LogP contribution in [0.2, 0.25) is 0 Å². The number of likely N-dealkylation sites (N-methyl/N-ethyl adjacent to an activating group) is 1. The van der Waals surface area contributed by atoms with Crippen LogP contribution in [0.5, 0.6) is 0 Å². The lowest BCUT2D eigenvalue weighted by Crippen LogP contribution is -2.15. The van der Waals surface area contributed by atoms with Gasteiger partial charge in [-0.05, 0) is 63.7 Å². The van der Waals surface area contributed by atoms with E-state index in [-0.39, 0.29) is 5.91 Å². The Kier molecular flexibility index (Phi) is 6.88. The Morgan fingerprint density at radius 2 is 1.79 bits per heavy atom. The predicted molar refractivity (Wildman–Crippen MR) is 104 cm³/mol. The molecule has 4 heteroatoms. The first kappa shape index (κ1) is 18.6. The number of thioether (sulfide) groups is 1. The summed E-state index contributed by atoms with van der Waals surface area (Å²) in [6.45, 7) is 5.17. The van der Waals surface area contributed by atoms with Gasteiger partial charge in [0.1, 0.15) is 0 Å². The normalized spacial score (nSPS) is 10.9. The molecule has 0 spiro atoms. The minimum atomic E-state index is 0.0296. The molecule has 2 aromatic rings. The van der Waals surface area contributed by atoms with Crippen LogP contribution in [-0.2, 0) is 11.2 Å². The van der Waals surface area contributed by atoms with Crippen molar-refractivity contribution >= 4 is 23.4 Å². The van der Waals surface area contributed by atoms with Gasteiger partial charge in [0, 0.05) is 17.1 Å². The van der Waals surface area contributed by atoms with Crippen LogP contribution in [0.3, 0.4) is 0 Å². The topological polar surface area (TPSA) is 32.3 Å². The quantitative estimate of drug-likeness (QED) is 0.768. The number of amides is 1. The molecule has 0 heterocycles. The highest BCUT2D eigenvalue weighted by atomic mass is 32.2. The molecular formula is C20H26N2OS. The minimum absolute atomic E-state index is 0.0296. The lowest BCUT2D eigenvalue weighted by Gasteiger charge is -2.10. The number of nitrogens with one attached hydrogen (secondary N) is 1. The molecule has 0 aliphatic heterocycles. The second-order valence-corrected chi connectivity index (χ2v) is 7.37. The molecule has 0 fully saturated rings. The summed E-state index contributed by atoms with van der Waals surface area (Å²) in [4.78, 5) is 15.5. The van der Waals surface area contributed by atoms with E-state index in [1.165, 1.54) is 21.6 Å². The second kappa shape index (κ2) is 8.90. The lowest BCUT2D eigenvalue weighted by atomic mass is 10.1. The first-order chi connectivity index (χ1) is 11.4. The van der Waals surface area contributed by atoms with E-state index in [2.05, 4.69) is 68.5 Å². The molecular weight excluding hydrogens is 316 g/mol. The van der Waals surface area contributed by atoms with Crippen LogP contribution >= 0.6 is 11.8 Å². The molecule has 1 N–H and O–H groups in total. The second-order valence-electron chi connectivity index (χ2n) is 6.36. The largest absolute Gasteiger partial charge is 0.325 e. The van der Waals surface area contributed by atoms with Crippen molar-refractivity contribution in [2.45, 2.75) is 25.2 Å². The van der Waals surface area contributed by atoms with E-state index in [0.717, 1.165) is 18.7 Å². The highest BCUT2D eigenvalue weighted by Crippen LogP contribution is 2.23. The smallest absolute Gasteiger partial charge is 0.234 e. The van der Waals surface area contributed by atoms with Gasteiger partial charge in [-0.2, -0.15) is 0 Å². The Bertz CT molecular complexity index is 681. The van der Waals surface area contributed by atoms with Crippen molar-refractivity contribution in [1.82, 2.24) is 4.90 Å². The maximum absolute atomic E-state index is 12.1. The number of aryl methyl sites for hydroxylation is 2. The number of benzene rings is 2. The van der Waals surface area contributed by atoms with E-state index in [0.29, 0.717) is 5.75 Å². The van der Waals surface area contributed by atoms with E-state index in [9.17, 15) is 4.79 Å². The van der Waals surface area contributed by atoms with Gasteiger partial charge in [0.2, 0.25) is 5.91 Å². The Labute approximate surface area is 149 Å². The number of hydrogen-bond donors (Lipinski definition) is 1. The molecule has 24 heavy (non-hydrogen) atoms. The highest BCUT2D eigenvalue weighted by Gasteiger charge is 2.06. The van der Waals surface area contributed by atoms with Crippen LogP contribution in [0, 0.1) is 13.8 Å². The van der Waals surface area contributed by atoms with Crippen molar-refractivity contribution in [2.75, 3.05) is 31.7 Å². The third-order valence-electron chi connectivity index (χ3n) is 3.79. The first-order valence-corrected chi connectivity index (χ1v) is 9.16. The number of nitrogens with zero attached hydrogens (tertiary/aromatic N) is 1. The molecule has 0 atom stereocenters. The van der Waals surface area contributed by atoms with Crippen LogP contribution in [-0.4, -0.2) is 37.2 Å². The van der Waals surface area contributed by atoms with Crippen LogP contribution in [0.25, 0.3) is 0 Å². The van der Waals surface area contributed by atoms with Gasteiger partial charge < -0.3 is 10.2 Å². The monoisotopic (exact) mass is 342 g/mol. The number of carbonyl (C=O) groups excluding carboxylic acids is 1. The number of carbonyl (C=O) groups is 1. The summed E-state index contributed by atoms with van der Waals surface area (Å²) >= 11 is 1.59. The summed E-state index contributed by atoms with van der Waals surface area (Å²) < 4.78 is 0. The third-order valence-corrected chi connectivity index (χ3v) is 4.95. The van der Waals surface area contributed by atoms with Crippen molar-refractivity contribution < 1.29 is 4.79 Å². The zero-order chi connectivity index (χ0) is 17.5. The number of hydrogen-bond acceptors (Lipinski definition) is 3. The molecule has 3 nitrogen and oxygen atoms in total. The summed E-state index contributed by atoms with van der Waals surface area (Å²) in [7, 11) is 4.14. The maximum Gasteiger partial charge on any atom is 0.234 e. The summed E-state index contributed by atoms with van der Waals surface area (Å²) in [6.07, 6.45) is 1.02. The van der Waals surface area contributed by atoms with Crippen LogP contribution in [0.15, 0.2) is 47.4 Å². The molecule has 2 rings (SSSR count). The van der Waals surface area contributed by atoms with Gasteiger partial charge >= 0.3 is 0 Å². The van der Waals surface area contributed by atoms with E-state index < -0.39 is 0 Å². The van der Waals surface area contributed by atoms with Crippen molar-refractivity contribution in [2.24, 2.45) is 0 Å². The molecule has 2 aromatic carbocycles. The summed E-state index contributed by atoms with van der Waals surface area (Å²) in [6, 6.07) is 14.4. The zero-order valence-electron chi connectivity index (χ0n) is 14.9. The van der Waals surface area contributed by atoms with Crippen LogP contribution in [0.1, 0.15) is 16.7 Å². The lowest BCUT2D eigenvalue weighted by molar-refractivity contribution is -0.113. The predicted octanol–water partition coefficient (Wildman–Crippen LogP) is 4.14. The average Bonchev–Trinajstić information content (AvgIpc) is 2.55. The summed E-state index contributed by atoms with van der Waals surface area (Å²) in [5.74, 6) is 0.453. The summed E-state index contributed by atoms with van der Waals surface area (Å²) in [5.41, 5.74) is 4.57. The molecule has 0 saturated carbocycles. The van der Waals surface area contributed by atoms with Gasteiger partial charge in [-0.3, -0.25) is 4.79 Å². The highest BCUT2D eigenvalue weighted by molar-refractivity contribution is 8.00. The Morgan fingerprint density at radius 1 is 1.08 bits per heavy atom. The molecule has 0 unspecified atom stereocenters. The van der Waals surface area contributed by atoms with Crippen molar-refractivity contribution in [3.63, 3.8) is 0 Å². The van der Waals surface area contributed by atoms with E-state index in [4.69, 9.17) is 0 Å². The van der Waals surface area contributed by atoms with Gasteiger partial charge in [-0.15, -0.1) is 11.8 Å². The van der Waals surface area contributed by atoms with Gasteiger partial charge in [0.15, 0.2) is 0 Å². The number of rotatable bonds is 7. The molecule has 0 aliphatic rings. The van der Waals surface area contributed by atoms with Gasteiger partial charge in [0.25, 0.3) is 0 Å². The van der Waals surface area contributed by atoms with Gasteiger partial charge in [0.05, 0.1) is 5.75 Å². The molecule has 0 aromatic heterocycles. The van der Waals surface area contributed by atoms with Crippen LogP contribution < -0.4 is 5.32 Å². The van der Waals surface area contributed by atoms with Gasteiger partial charge in [-0.25, -0.2) is 0 Å². The SMILES string of the molecule is Cc1ccc(C)c(SCC(=O)Nc2ccc(CCN(C)C)cc2)c1. The van der Waals surface area contributed by atoms with Crippen molar-refractivity contribution in [3.8, 4) is 0 Å². The Hall–Kier alpha value is -1.78. The van der Waals surface area contributed by atoms with Crippen molar-refractivity contribution in [3.05, 3.63) is 59.2 Å². The summed E-state index contributed by atoms with van der Waals surface area (Å²) in [5, 5.41) is 2.97. The number of anilines is 1. The fraction of sp³-hybridized carbons (Fsp3) is 0.350. The zero-order valence-corrected chi connectivity index (χ0v) is 15.7. The molecule has 128 valence electrons. The Morgan fingerprint density at radius 3 is 2.46 bits per heavy atom. The van der Waals surface area contributed by atoms with E-state index in [1.54, 1.807) is 11.8 Å². The van der Waals surface area contributed by atoms with E-state index in [1.807, 2.05) is 12.1 Å². The molecule has 0 radical (unpaired) electrons. The third kappa shape index (κ3) is 6.02. The Balaban J connectivity index is 1.84.